The molecule has 0 saturated carbocycles. The molecule has 0 aliphatic rings. The second-order valence-electron chi connectivity index (χ2n) is 4.56. The molecule has 0 unspecified atom stereocenters. The summed E-state index contributed by atoms with van der Waals surface area (Å²) < 4.78 is 29.3. The Morgan fingerprint density at radius 3 is 2.32 bits per heavy atom. The third-order valence-corrected chi connectivity index (χ3v) is 4.64. The zero-order valence-corrected chi connectivity index (χ0v) is 12.4. The summed E-state index contributed by atoms with van der Waals surface area (Å²) in [6.45, 7) is 5.10. The normalized spacial score (nSPS) is 13.0. The molecule has 0 aromatic heterocycles. The smallest absolute Gasteiger partial charge is 0.302 e. The van der Waals surface area contributed by atoms with Crippen LogP contribution in [-0.4, -0.2) is 26.2 Å². The van der Waals surface area contributed by atoms with Gasteiger partial charge in [-0.2, -0.15) is 0 Å². The van der Waals surface area contributed by atoms with E-state index in [1.807, 2.05) is 13.8 Å². The van der Waals surface area contributed by atoms with Crippen LogP contribution in [0.25, 0.3) is 0 Å². The molecule has 1 rings (SSSR count). The van der Waals surface area contributed by atoms with Crippen LogP contribution in [0.3, 0.4) is 0 Å². The molecule has 0 amide bonds. The predicted molar refractivity (Wildman–Crippen MR) is 73.7 cm³/mol. The van der Waals surface area contributed by atoms with Crippen molar-refractivity contribution in [1.29, 1.82) is 0 Å². The highest BCUT2D eigenvalue weighted by atomic mass is 32.2. The van der Waals surface area contributed by atoms with Gasteiger partial charge in [-0.1, -0.05) is 24.6 Å². The van der Waals surface area contributed by atoms with Gasteiger partial charge >= 0.3 is 5.97 Å². The van der Waals surface area contributed by atoms with E-state index in [0.29, 0.717) is 17.7 Å². The highest BCUT2D eigenvalue weighted by Crippen LogP contribution is 2.15. The van der Waals surface area contributed by atoms with Crippen molar-refractivity contribution < 1.29 is 17.9 Å². The van der Waals surface area contributed by atoms with E-state index in [1.54, 1.807) is 24.3 Å². The first-order chi connectivity index (χ1) is 8.85. The lowest BCUT2D eigenvalue weighted by atomic mass is 10.2. The van der Waals surface area contributed by atoms with E-state index in [0.717, 1.165) is 5.56 Å². The van der Waals surface area contributed by atoms with E-state index in [4.69, 9.17) is 4.74 Å². The van der Waals surface area contributed by atoms with E-state index in [-0.39, 0.29) is 17.8 Å². The van der Waals surface area contributed by atoms with Crippen LogP contribution in [0.1, 0.15) is 32.3 Å². The molecule has 0 bridgehead atoms. The molecule has 1 atom stereocenters. The zero-order valence-electron chi connectivity index (χ0n) is 11.5. The van der Waals surface area contributed by atoms with Gasteiger partial charge in [0.1, 0.15) is 6.10 Å². The Morgan fingerprint density at radius 1 is 1.26 bits per heavy atom. The number of carbonyl (C=O) groups is 1. The highest BCUT2D eigenvalue weighted by Gasteiger charge is 2.18. The molecule has 0 spiro atoms. The fourth-order valence-electron chi connectivity index (χ4n) is 1.73. The van der Waals surface area contributed by atoms with Gasteiger partial charge in [0.2, 0.25) is 0 Å². The number of esters is 1. The molecule has 0 N–H and O–H groups in total. The van der Waals surface area contributed by atoms with Gasteiger partial charge in [-0.3, -0.25) is 4.79 Å². The van der Waals surface area contributed by atoms with E-state index in [2.05, 4.69) is 0 Å². The molecular formula is C14H20O4S. The number of rotatable bonds is 6. The average molecular weight is 284 g/mol. The second kappa shape index (κ2) is 6.70. The molecule has 0 heterocycles. The number of sulfone groups is 1. The lowest BCUT2D eigenvalue weighted by Crippen LogP contribution is -2.20. The third kappa shape index (κ3) is 5.03. The number of hydrogen-bond acceptors (Lipinski definition) is 4. The van der Waals surface area contributed by atoms with Crippen LogP contribution < -0.4 is 0 Å². The number of aryl methyl sites for hydroxylation is 1. The van der Waals surface area contributed by atoms with Crippen molar-refractivity contribution in [1.82, 2.24) is 0 Å². The van der Waals surface area contributed by atoms with E-state index in [9.17, 15) is 13.2 Å². The summed E-state index contributed by atoms with van der Waals surface area (Å²) in [6.07, 6.45) is 0.604. The van der Waals surface area contributed by atoms with E-state index in [1.165, 1.54) is 6.92 Å². The van der Waals surface area contributed by atoms with Crippen molar-refractivity contribution in [2.24, 2.45) is 0 Å². The van der Waals surface area contributed by atoms with E-state index >= 15 is 0 Å². The first kappa shape index (κ1) is 15.7. The summed E-state index contributed by atoms with van der Waals surface area (Å²) in [5.41, 5.74) is 1.02. The molecule has 1 aromatic rings. The lowest BCUT2D eigenvalue weighted by Gasteiger charge is -2.14. The van der Waals surface area contributed by atoms with Crippen LogP contribution in [0, 0.1) is 6.92 Å². The molecule has 0 aliphatic heterocycles. The highest BCUT2D eigenvalue weighted by molar-refractivity contribution is 7.91. The minimum atomic E-state index is -3.31. The fraction of sp³-hybridized carbons (Fsp3) is 0.500. The Morgan fingerprint density at radius 2 is 1.84 bits per heavy atom. The summed E-state index contributed by atoms with van der Waals surface area (Å²) in [5.74, 6) is -0.387. The minimum absolute atomic E-state index is 0.0121. The van der Waals surface area contributed by atoms with Gasteiger partial charge in [0.05, 0.1) is 10.6 Å². The largest absolute Gasteiger partial charge is 0.463 e. The summed E-state index contributed by atoms with van der Waals surface area (Å²) in [6, 6.07) is 6.77. The molecule has 0 saturated heterocycles. The molecule has 0 radical (unpaired) electrons. The molecule has 106 valence electrons. The molecule has 0 aliphatic carbocycles. The average Bonchev–Trinajstić information content (AvgIpc) is 2.34. The van der Waals surface area contributed by atoms with Gasteiger partial charge in [-0.05, 0) is 31.9 Å². The van der Waals surface area contributed by atoms with Gasteiger partial charge in [0, 0.05) is 6.92 Å². The Balaban J connectivity index is 2.69. The van der Waals surface area contributed by atoms with Crippen LogP contribution in [-0.2, 0) is 19.4 Å². The van der Waals surface area contributed by atoms with E-state index < -0.39 is 9.84 Å². The summed E-state index contributed by atoms with van der Waals surface area (Å²) in [5, 5.41) is 0. The van der Waals surface area contributed by atoms with Crippen molar-refractivity contribution in [2.75, 3.05) is 5.75 Å². The number of benzene rings is 1. The van der Waals surface area contributed by atoms with Crippen molar-refractivity contribution in [2.45, 2.75) is 44.6 Å². The van der Waals surface area contributed by atoms with Gasteiger partial charge in [0.15, 0.2) is 9.84 Å². The van der Waals surface area contributed by atoms with Crippen molar-refractivity contribution in [3.63, 3.8) is 0 Å². The lowest BCUT2D eigenvalue weighted by molar-refractivity contribution is -0.146. The van der Waals surface area contributed by atoms with Crippen LogP contribution in [0.5, 0.6) is 0 Å². The van der Waals surface area contributed by atoms with Crippen LogP contribution in [0.2, 0.25) is 0 Å². The monoisotopic (exact) mass is 284 g/mol. The van der Waals surface area contributed by atoms with Crippen LogP contribution in [0.4, 0.5) is 0 Å². The van der Waals surface area contributed by atoms with Gasteiger partial charge in [-0.25, -0.2) is 8.42 Å². The quantitative estimate of drug-likeness (QED) is 0.753. The summed E-state index contributed by atoms with van der Waals surface area (Å²) in [7, 11) is -3.31. The third-order valence-electron chi connectivity index (χ3n) is 2.88. The molecule has 5 heteroatoms. The standard InChI is InChI=1S/C14H20O4S/c1-4-13(18-12(3)15)9-10-19(16,17)14-7-5-11(2)6-8-14/h5-8,13H,4,9-10H2,1-3H3/t13-/m1/s1. The Kier molecular flexibility index (Phi) is 5.54. The summed E-state index contributed by atoms with van der Waals surface area (Å²) >= 11 is 0. The first-order valence-electron chi connectivity index (χ1n) is 6.32. The predicted octanol–water partition coefficient (Wildman–Crippen LogP) is 2.50. The van der Waals surface area contributed by atoms with Crippen molar-refractivity contribution in [3.05, 3.63) is 29.8 Å². The van der Waals surface area contributed by atoms with Gasteiger partial charge < -0.3 is 4.74 Å². The van der Waals surface area contributed by atoms with Crippen molar-refractivity contribution >= 4 is 15.8 Å². The first-order valence-corrected chi connectivity index (χ1v) is 7.97. The minimum Gasteiger partial charge on any atom is -0.463 e. The maximum absolute atomic E-state index is 12.1. The Bertz CT molecular complexity index is 517. The maximum Gasteiger partial charge on any atom is 0.302 e. The zero-order chi connectivity index (χ0) is 14.5. The Hall–Kier alpha value is -1.36. The molecular weight excluding hydrogens is 264 g/mol. The summed E-state index contributed by atoms with van der Waals surface area (Å²) in [4.78, 5) is 11.2. The SMILES string of the molecule is CC[C@H](CCS(=O)(=O)c1ccc(C)cc1)OC(C)=O. The van der Waals surface area contributed by atoms with Gasteiger partial charge in [0.25, 0.3) is 0 Å². The molecule has 4 nitrogen and oxygen atoms in total. The van der Waals surface area contributed by atoms with Crippen molar-refractivity contribution in [3.8, 4) is 0 Å². The molecule has 1 aromatic carbocycles. The molecule has 19 heavy (non-hydrogen) atoms. The van der Waals surface area contributed by atoms with Crippen LogP contribution >= 0.6 is 0 Å². The fourth-order valence-corrected chi connectivity index (χ4v) is 3.09. The second-order valence-corrected chi connectivity index (χ2v) is 6.67. The molecule has 0 fully saturated rings. The maximum atomic E-state index is 12.1. The van der Waals surface area contributed by atoms with Gasteiger partial charge in [-0.15, -0.1) is 0 Å². The topological polar surface area (TPSA) is 60.4 Å². The Labute approximate surface area is 114 Å². The van der Waals surface area contributed by atoms with Crippen LogP contribution in [0.15, 0.2) is 29.2 Å². The number of hydrogen-bond donors (Lipinski definition) is 0. The number of carbonyl (C=O) groups excluding carboxylic acids is 1. The number of ether oxygens (including phenoxy) is 1.